The Kier molecular flexibility index (Phi) is 3.02. The molecule has 3 nitrogen and oxygen atoms in total. The molecule has 1 N–H and O–H groups in total. The van der Waals surface area contributed by atoms with Gasteiger partial charge in [0.25, 0.3) is 0 Å². The van der Waals surface area contributed by atoms with Gasteiger partial charge in [-0.2, -0.15) is 0 Å². The molecule has 0 heterocycles. The maximum Gasteiger partial charge on any atom is 0.317 e. The lowest BCUT2D eigenvalue weighted by atomic mass is 10.4. The van der Waals surface area contributed by atoms with E-state index in [-0.39, 0.29) is 0 Å². The predicted octanol–water partition coefficient (Wildman–Crippen LogP) is 2.62. The summed E-state index contributed by atoms with van der Waals surface area (Å²) in [4.78, 5) is 11.7. The second kappa shape index (κ2) is 4.60. The van der Waals surface area contributed by atoms with Crippen LogP contribution in [0.25, 0.3) is 0 Å². The fourth-order valence-electron chi connectivity index (χ4n) is 2.70. The Morgan fingerprint density at radius 3 is 1.60 bits per heavy atom. The summed E-state index contributed by atoms with van der Waals surface area (Å²) in [5.41, 5.74) is 0. The molecule has 4 heteroatoms. The van der Waals surface area contributed by atoms with Gasteiger partial charge < -0.3 is 9.67 Å². The van der Waals surface area contributed by atoms with Gasteiger partial charge in [-0.15, -0.1) is 0 Å². The van der Waals surface area contributed by atoms with Crippen LogP contribution in [0.1, 0.15) is 12.8 Å². The van der Waals surface area contributed by atoms with Crippen LogP contribution in [0.2, 0.25) is 0 Å². The molecule has 0 bridgehead atoms. The van der Waals surface area contributed by atoms with Gasteiger partial charge in [0.2, 0.25) is 0 Å². The zero-order valence-electron chi connectivity index (χ0n) is 10.9. The van der Waals surface area contributed by atoms with Crippen LogP contribution in [0, 0.1) is 0 Å². The van der Waals surface area contributed by atoms with Crippen LogP contribution in [0.3, 0.4) is 0 Å². The van der Waals surface area contributed by atoms with E-state index in [0.717, 1.165) is 0 Å². The van der Waals surface area contributed by atoms with E-state index in [2.05, 4.69) is 0 Å². The molecule has 0 atom stereocenters. The fraction of sp³-hybridized carbons (Fsp3) is 0.188. The third-order valence-electron chi connectivity index (χ3n) is 3.96. The summed E-state index contributed by atoms with van der Waals surface area (Å²) in [5.74, 6) is -0.950. The number of hydrogen-bond acceptors (Lipinski definition) is 2. The molecule has 0 aliphatic heterocycles. The van der Waals surface area contributed by atoms with E-state index in [1.54, 1.807) is 24.3 Å². The molecule has 0 unspecified atom stereocenters. The van der Waals surface area contributed by atoms with Gasteiger partial charge in [0.15, 0.2) is 7.14 Å². The molecular formula is C16H15O3P. The molecule has 1 aliphatic carbocycles. The normalized spacial score (nSPS) is 16.6. The van der Waals surface area contributed by atoms with Crippen molar-refractivity contribution in [2.75, 3.05) is 0 Å². The number of aliphatic carboxylic acids is 1. The Bertz CT molecular complexity index is 632. The van der Waals surface area contributed by atoms with Crippen LogP contribution >= 0.6 is 7.14 Å². The summed E-state index contributed by atoms with van der Waals surface area (Å²) in [6.07, 6.45) is 0.951. The van der Waals surface area contributed by atoms with E-state index in [1.165, 1.54) is 0 Å². The maximum atomic E-state index is 13.8. The molecule has 102 valence electrons. The Hall–Kier alpha value is -1.86. The second-order valence-corrected chi connectivity index (χ2v) is 8.22. The third-order valence-corrected chi connectivity index (χ3v) is 7.86. The predicted molar refractivity (Wildman–Crippen MR) is 79.4 cm³/mol. The van der Waals surface area contributed by atoms with E-state index in [0.29, 0.717) is 23.5 Å². The molecule has 0 aromatic heterocycles. The van der Waals surface area contributed by atoms with Crippen LogP contribution in [-0.2, 0) is 9.36 Å². The number of rotatable bonds is 4. The number of carbonyl (C=O) groups is 1. The van der Waals surface area contributed by atoms with Crippen molar-refractivity contribution in [2.24, 2.45) is 0 Å². The van der Waals surface area contributed by atoms with Gasteiger partial charge in [-0.1, -0.05) is 60.7 Å². The van der Waals surface area contributed by atoms with Crippen LogP contribution in [0.4, 0.5) is 0 Å². The number of benzene rings is 2. The highest BCUT2D eigenvalue weighted by Crippen LogP contribution is 2.68. The van der Waals surface area contributed by atoms with Gasteiger partial charge >= 0.3 is 5.97 Å². The maximum absolute atomic E-state index is 13.8. The van der Waals surface area contributed by atoms with Crippen LogP contribution in [0.15, 0.2) is 60.7 Å². The molecular weight excluding hydrogens is 271 g/mol. The fourth-order valence-corrected chi connectivity index (χ4v) is 6.18. The van der Waals surface area contributed by atoms with Crippen LogP contribution < -0.4 is 10.6 Å². The molecule has 1 aliphatic rings. The van der Waals surface area contributed by atoms with Crippen molar-refractivity contribution in [1.82, 2.24) is 0 Å². The third kappa shape index (κ3) is 1.74. The summed E-state index contributed by atoms with van der Waals surface area (Å²) in [7, 11) is -3.17. The van der Waals surface area contributed by atoms with Crippen LogP contribution in [-0.4, -0.2) is 16.2 Å². The quantitative estimate of drug-likeness (QED) is 0.879. The first-order valence-corrected chi connectivity index (χ1v) is 8.27. The van der Waals surface area contributed by atoms with E-state index in [1.807, 2.05) is 36.4 Å². The Balaban J connectivity index is 2.25. The zero-order valence-corrected chi connectivity index (χ0v) is 11.8. The van der Waals surface area contributed by atoms with Crippen LogP contribution in [0.5, 0.6) is 0 Å². The number of carboxylic acids is 1. The molecule has 3 rings (SSSR count). The van der Waals surface area contributed by atoms with E-state index >= 15 is 0 Å². The van der Waals surface area contributed by atoms with Gasteiger partial charge in [0.05, 0.1) is 0 Å². The summed E-state index contributed by atoms with van der Waals surface area (Å²) >= 11 is 0. The molecule has 1 fully saturated rings. The Morgan fingerprint density at radius 1 is 0.900 bits per heavy atom. The van der Waals surface area contributed by atoms with Crippen molar-refractivity contribution in [1.29, 1.82) is 0 Å². The molecule has 2 aromatic carbocycles. The lowest BCUT2D eigenvalue weighted by Crippen LogP contribution is -2.33. The van der Waals surface area contributed by atoms with Gasteiger partial charge in [-0.3, -0.25) is 4.79 Å². The summed E-state index contributed by atoms with van der Waals surface area (Å²) in [6.45, 7) is 0. The van der Waals surface area contributed by atoms with Gasteiger partial charge in [-0.05, 0) is 12.8 Å². The Morgan fingerprint density at radius 2 is 1.30 bits per heavy atom. The summed E-state index contributed by atoms with van der Waals surface area (Å²) in [6, 6.07) is 18.0. The average molecular weight is 286 g/mol. The van der Waals surface area contributed by atoms with E-state index < -0.39 is 18.3 Å². The second-order valence-electron chi connectivity index (χ2n) is 5.12. The first-order chi connectivity index (χ1) is 9.61. The monoisotopic (exact) mass is 286 g/mol. The minimum absolute atomic E-state index is 0.476. The first-order valence-electron chi connectivity index (χ1n) is 6.56. The van der Waals surface area contributed by atoms with Crippen molar-refractivity contribution in [3.8, 4) is 0 Å². The summed E-state index contributed by atoms with van der Waals surface area (Å²) in [5, 5.41) is 9.74. The molecule has 20 heavy (non-hydrogen) atoms. The molecule has 0 spiro atoms. The molecule has 0 saturated heterocycles. The van der Waals surface area contributed by atoms with E-state index in [4.69, 9.17) is 0 Å². The molecule has 1 saturated carbocycles. The van der Waals surface area contributed by atoms with Crippen molar-refractivity contribution in [3.63, 3.8) is 0 Å². The molecule has 2 aromatic rings. The molecule has 0 amide bonds. The van der Waals surface area contributed by atoms with Gasteiger partial charge in [0.1, 0.15) is 5.16 Å². The number of hydrogen-bond donors (Lipinski definition) is 1. The highest BCUT2D eigenvalue weighted by Gasteiger charge is 2.64. The standard InChI is InChI=1S/C16H15O3P/c17-15(18)16(11-12-16)20(19,13-7-3-1-4-8-13)14-9-5-2-6-10-14/h1-10H,11-12H2,(H,17,18). The SMILES string of the molecule is O=C(O)C1(P(=O)(c2ccccc2)c2ccccc2)CC1. The minimum Gasteiger partial charge on any atom is -0.480 e. The lowest BCUT2D eigenvalue weighted by molar-refractivity contribution is -0.137. The van der Waals surface area contributed by atoms with Crippen molar-refractivity contribution < 1.29 is 14.5 Å². The highest BCUT2D eigenvalue weighted by molar-refractivity contribution is 7.81. The Labute approximate surface area is 117 Å². The molecule has 0 radical (unpaired) electrons. The van der Waals surface area contributed by atoms with Crippen molar-refractivity contribution in [2.45, 2.75) is 18.0 Å². The zero-order chi connectivity index (χ0) is 14.2. The van der Waals surface area contributed by atoms with E-state index in [9.17, 15) is 14.5 Å². The van der Waals surface area contributed by atoms with Crippen molar-refractivity contribution in [3.05, 3.63) is 60.7 Å². The number of carboxylic acid groups (broad SMARTS) is 1. The topological polar surface area (TPSA) is 54.4 Å². The largest absolute Gasteiger partial charge is 0.480 e. The van der Waals surface area contributed by atoms with Gasteiger partial charge in [0, 0.05) is 10.6 Å². The minimum atomic E-state index is -3.17. The smallest absolute Gasteiger partial charge is 0.317 e. The van der Waals surface area contributed by atoms with Gasteiger partial charge in [-0.25, -0.2) is 0 Å². The summed E-state index contributed by atoms with van der Waals surface area (Å²) < 4.78 is 13.8. The van der Waals surface area contributed by atoms with Crippen molar-refractivity contribution >= 4 is 23.7 Å². The first kappa shape index (κ1) is 13.1. The average Bonchev–Trinajstić information content (AvgIpc) is 3.30. The lowest BCUT2D eigenvalue weighted by Gasteiger charge is -2.25. The highest BCUT2D eigenvalue weighted by atomic mass is 31.2.